The lowest BCUT2D eigenvalue weighted by molar-refractivity contribution is 0.103. The van der Waals surface area contributed by atoms with Gasteiger partial charge in [-0.15, -0.1) is 0 Å². The van der Waals surface area contributed by atoms with E-state index in [1.54, 1.807) is 0 Å². The Labute approximate surface area is 112 Å². The summed E-state index contributed by atoms with van der Waals surface area (Å²) in [6.45, 7) is 0.401. The van der Waals surface area contributed by atoms with Gasteiger partial charge in [-0.1, -0.05) is 54.6 Å². The molecule has 18 heavy (non-hydrogen) atoms. The average Bonchev–Trinajstić information content (AvgIpc) is 2.45. The molecule has 0 N–H and O–H groups in total. The molecule has 0 amide bonds. The lowest BCUT2D eigenvalue weighted by atomic mass is 9.99. The van der Waals surface area contributed by atoms with E-state index in [2.05, 4.69) is 12.6 Å². The van der Waals surface area contributed by atoms with Crippen molar-refractivity contribution in [2.24, 2.45) is 0 Å². The van der Waals surface area contributed by atoms with E-state index in [1.165, 1.54) is 0 Å². The van der Waals surface area contributed by atoms with Gasteiger partial charge in [-0.05, 0) is 5.56 Å². The molecule has 0 unspecified atom stereocenters. The highest BCUT2D eigenvalue weighted by atomic mass is 32.1. The summed E-state index contributed by atoms with van der Waals surface area (Å²) < 4.78 is 5.26. The van der Waals surface area contributed by atoms with Crippen LogP contribution < -0.4 is 0 Å². The molecule has 0 saturated carbocycles. The van der Waals surface area contributed by atoms with Gasteiger partial charge in [0.05, 0.1) is 12.5 Å². The van der Waals surface area contributed by atoms with Crippen molar-refractivity contribution >= 4 is 18.4 Å². The van der Waals surface area contributed by atoms with Crippen LogP contribution in [0.3, 0.4) is 0 Å². The maximum atomic E-state index is 12.4. The average molecular weight is 258 g/mol. The number of benzene rings is 2. The van der Waals surface area contributed by atoms with E-state index in [1.807, 2.05) is 54.6 Å². The Hall–Kier alpha value is -1.58. The van der Waals surface area contributed by atoms with Gasteiger partial charge in [0.25, 0.3) is 0 Å². The monoisotopic (exact) mass is 258 g/mol. The Morgan fingerprint density at radius 1 is 1.00 bits per heavy atom. The van der Waals surface area contributed by atoms with Crippen LogP contribution in [0.2, 0.25) is 0 Å². The number of ether oxygens (including phenoxy) is 1. The zero-order chi connectivity index (χ0) is 12.8. The highest BCUT2D eigenvalue weighted by Crippen LogP contribution is 2.15. The zero-order valence-electron chi connectivity index (χ0n) is 9.87. The highest BCUT2D eigenvalue weighted by molar-refractivity contribution is 7.80. The molecule has 2 rings (SSSR count). The normalized spacial score (nSPS) is 10.3. The summed E-state index contributed by atoms with van der Waals surface area (Å²) in [6.07, 6.45) is 0. The molecule has 0 aliphatic rings. The van der Waals surface area contributed by atoms with Crippen LogP contribution in [0.1, 0.15) is 21.5 Å². The minimum Gasteiger partial charge on any atom is -0.366 e. The van der Waals surface area contributed by atoms with Crippen LogP contribution in [0.5, 0.6) is 0 Å². The van der Waals surface area contributed by atoms with Crippen LogP contribution in [0.25, 0.3) is 0 Å². The topological polar surface area (TPSA) is 26.3 Å². The quantitative estimate of drug-likeness (QED) is 0.506. The molecular weight excluding hydrogens is 244 g/mol. The third-order valence-corrected chi connectivity index (χ3v) is 2.83. The summed E-state index contributed by atoms with van der Waals surface area (Å²) >= 11 is 4.00. The van der Waals surface area contributed by atoms with Crippen molar-refractivity contribution in [3.8, 4) is 0 Å². The van der Waals surface area contributed by atoms with E-state index in [9.17, 15) is 4.79 Å². The second-order valence-electron chi connectivity index (χ2n) is 3.83. The van der Waals surface area contributed by atoms with Crippen LogP contribution in [0.15, 0.2) is 54.6 Å². The molecule has 0 saturated heterocycles. The fourth-order valence-electron chi connectivity index (χ4n) is 1.77. The lowest BCUT2D eigenvalue weighted by Crippen LogP contribution is -2.06. The van der Waals surface area contributed by atoms with Crippen molar-refractivity contribution in [1.82, 2.24) is 0 Å². The van der Waals surface area contributed by atoms with E-state index in [0.717, 1.165) is 5.56 Å². The molecular formula is C15H14O2S. The first-order chi connectivity index (χ1) is 8.83. The standard InChI is InChI=1S/C15H14O2S/c16-15(12-6-2-1-3-7-12)14-9-5-4-8-13(14)10-17-11-18/h1-9,18H,10-11H2. The second-order valence-corrected chi connectivity index (χ2v) is 4.09. The highest BCUT2D eigenvalue weighted by Gasteiger charge is 2.12. The van der Waals surface area contributed by atoms with Crippen LogP contribution in [-0.2, 0) is 11.3 Å². The second kappa shape index (κ2) is 6.38. The fourth-order valence-corrected chi connectivity index (χ4v) is 1.86. The number of ketones is 1. The molecule has 0 aliphatic carbocycles. The molecule has 2 nitrogen and oxygen atoms in total. The van der Waals surface area contributed by atoms with Gasteiger partial charge in [-0.25, -0.2) is 0 Å². The third kappa shape index (κ3) is 3.00. The van der Waals surface area contributed by atoms with Gasteiger partial charge < -0.3 is 4.74 Å². The minimum absolute atomic E-state index is 0.0222. The number of carbonyl (C=O) groups excluding carboxylic acids is 1. The first-order valence-corrected chi connectivity index (χ1v) is 6.32. The smallest absolute Gasteiger partial charge is 0.193 e. The van der Waals surface area contributed by atoms with E-state index in [0.29, 0.717) is 23.7 Å². The number of hydrogen-bond acceptors (Lipinski definition) is 3. The molecule has 0 atom stereocenters. The van der Waals surface area contributed by atoms with E-state index in [-0.39, 0.29) is 5.78 Å². The largest absolute Gasteiger partial charge is 0.366 e. The fraction of sp³-hybridized carbons (Fsp3) is 0.133. The van der Waals surface area contributed by atoms with Gasteiger partial charge >= 0.3 is 0 Å². The van der Waals surface area contributed by atoms with E-state index >= 15 is 0 Å². The number of rotatable bonds is 5. The Balaban J connectivity index is 2.30. The maximum Gasteiger partial charge on any atom is 0.193 e. The van der Waals surface area contributed by atoms with E-state index in [4.69, 9.17) is 4.74 Å². The van der Waals surface area contributed by atoms with Crippen molar-refractivity contribution < 1.29 is 9.53 Å². The first-order valence-electron chi connectivity index (χ1n) is 5.69. The molecule has 2 aromatic carbocycles. The number of thiol groups is 1. The molecule has 0 heterocycles. The van der Waals surface area contributed by atoms with Gasteiger partial charge in [0.2, 0.25) is 0 Å². The maximum absolute atomic E-state index is 12.4. The molecule has 0 spiro atoms. The summed E-state index contributed by atoms with van der Waals surface area (Å²) in [5, 5.41) is 0. The van der Waals surface area contributed by atoms with Gasteiger partial charge in [-0.2, -0.15) is 12.6 Å². The number of carbonyl (C=O) groups is 1. The summed E-state index contributed by atoms with van der Waals surface area (Å²) in [5.74, 6) is 0.363. The summed E-state index contributed by atoms with van der Waals surface area (Å²) in [7, 11) is 0. The zero-order valence-corrected chi connectivity index (χ0v) is 10.8. The SMILES string of the molecule is O=C(c1ccccc1)c1ccccc1COCS. The summed E-state index contributed by atoms with van der Waals surface area (Å²) in [6, 6.07) is 16.7. The summed E-state index contributed by atoms with van der Waals surface area (Å²) in [4.78, 5) is 12.4. The van der Waals surface area contributed by atoms with Crippen molar-refractivity contribution in [1.29, 1.82) is 0 Å². The Kier molecular flexibility index (Phi) is 4.56. The Bertz CT molecular complexity index is 523. The van der Waals surface area contributed by atoms with Crippen molar-refractivity contribution in [3.05, 3.63) is 71.3 Å². The van der Waals surface area contributed by atoms with Gasteiger partial charge in [0, 0.05) is 11.1 Å². The van der Waals surface area contributed by atoms with E-state index < -0.39 is 0 Å². The van der Waals surface area contributed by atoms with Crippen molar-refractivity contribution in [2.75, 3.05) is 5.94 Å². The Morgan fingerprint density at radius 2 is 1.67 bits per heavy atom. The molecule has 0 aliphatic heterocycles. The third-order valence-electron chi connectivity index (χ3n) is 2.65. The molecule has 3 heteroatoms. The lowest BCUT2D eigenvalue weighted by Gasteiger charge is -2.08. The molecule has 2 aromatic rings. The molecule has 0 radical (unpaired) electrons. The van der Waals surface area contributed by atoms with Crippen molar-refractivity contribution in [2.45, 2.75) is 6.61 Å². The Morgan fingerprint density at radius 3 is 2.39 bits per heavy atom. The van der Waals surface area contributed by atoms with Gasteiger partial charge in [-0.3, -0.25) is 4.79 Å². The minimum atomic E-state index is 0.0222. The first kappa shape index (κ1) is 12.9. The van der Waals surface area contributed by atoms with Crippen LogP contribution in [-0.4, -0.2) is 11.7 Å². The number of hydrogen-bond donors (Lipinski definition) is 1. The predicted molar refractivity (Wildman–Crippen MR) is 75.0 cm³/mol. The van der Waals surface area contributed by atoms with Gasteiger partial charge in [0.1, 0.15) is 0 Å². The van der Waals surface area contributed by atoms with Crippen molar-refractivity contribution in [3.63, 3.8) is 0 Å². The van der Waals surface area contributed by atoms with Crippen LogP contribution >= 0.6 is 12.6 Å². The van der Waals surface area contributed by atoms with Gasteiger partial charge in [0.15, 0.2) is 5.78 Å². The summed E-state index contributed by atoms with van der Waals surface area (Å²) in [5.41, 5.74) is 2.27. The molecule has 0 aromatic heterocycles. The molecule has 0 bridgehead atoms. The van der Waals surface area contributed by atoms with Crippen LogP contribution in [0.4, 0.5) is 0 Å². The predicted octanol–water partition coefficient (Wildman–Crippen LogP) is 3.32. The van der Waals surface area contributed by atoms with Crippen LogP contribution in [0, 0.1) is 0 Å². The molecule has 92 valence electrons. The molecule has 0 fully saturated rings.